The van der Waals surface area contributed by atoms with E-state index in [4.69, 9.17) is 9.47 Å². The van der Waals surface area contributed by atoms with E-state index in [2.05, 4.69) is 16.7 Å². The number of rotatable bonds is 4. The van der Waals surface area contributed by atoms with Crippen LogP contribution in [0.15, 0.2) is 0 Å². The molecular weight excluding hydrogens is 268 g/mol. The molecule has 5 nitrogen and oxygen atoms in total. The van der Waals surface area contributed by atoms with E-state index in [1.54, 1.807) is 0 Å². The fourth-order valence-corrected chi connectivity index (χ4v) is 3.97. The maximum absolute atomic E-state index is 11.6. The minimum atomic E-state index is 0.00533. The second kappa shape index (κ2) is 6.23. The van der Waals surface area contributed by atoms with Crippen molar-refractivity contribution in [3.63, 3.8) is 0 Å². The van der Waals surface area contributed by atoms with Crippen LogP contribution < -0.4 is 0 Å². The molecule has 0 aromatic rings. The Morgan fingerprint density at radius 3 is 2.62 bits per heavy atom. The third-order valence-electron chi connectivity index (χ3n) is 5.58. The molecule has 2 heterocycles. The van der Waals surface area contributed by atoms with Gasteiger partial charge in [-0.25, -0.2) is 0 Å². The van der Waals surface area contributed by atoms with Crippen molar-refractivity contribution in [1.29, 1.82) is 0 Å². The fourth-order valence-electron chi connectivity index (χ4n) is 3.97. The highest BCUT2D eigenvalue weighted by Crippen LogP contribution is 2.59. The summed E-state index contributed by atoms with van der Waals surface area (Å²) in [4.78, 5) is 16.7. The average molecular weight is 296 g/mol. The van der Waals surface area contributed by atoms with Crippen molar-refractivity contribution in [3.8, 4) is 0 Å². The van der Waals surface area contributed by atoms with Gasteiger partial charge in [0.2, 0.25) is 0 Å². The van der Waals surface area contributed by atoms with Gasteiger partial charge in [0.15, 0.2) is 0 Å². The van der Waals surface area contributed by atoms with Crippen molar-refractivity contribution in [3.05, 3.63) is 0 Å². The molecule has 0 aromatic heterocycles. The normalized spacial score (nSPS) is 33.0. The number of esters is 1. The Labute approximate surface area is 127 Å². The first-order valence-corrected chi connectivity index (χ1v) is 8.27. The van der Waals surface area contributed by atoms with Gasteiger partial charge in [0, 0.05) is 26.2 Å². The van der Waals surface area contributed by atoms with Crippen molar-refractivity contribution in [2.75, 3.05) is 53.0 Å². The number of likely N-dealkylation sites (tertiary alicyclic amines) is 1. The van der Waals surface area contributed by atoms with E-state index in [9.17, 15) is 4.79 Å². The van der Waals surface area contributed by atoms with E-state index in [0.717, 1.165) is 65.1 Å². The van der Waals surface area contributed by atoms with Crippen LogP contribution in [0, 0.1) is 11.3 Å². The van der Waals surface area contributed by atoms with Crippen LogP contribution in [0.2, 0.25) is 0 Å². The topological polar surface area (TPSA) is 42.0 Å². The Kier molecular flexibility index (Phi) is 4.52. The second-order valence-electron chi connectivity index (χ2n) is 6.97. The van der Waals surface area contributed by atoms with E-state index in [0.29, 0.717) is 6.10 Å². The quantitative estimate of drug-likeness (QED) is 0.724. The minimum Gasteiger partial charge on any atom is -0.469 e. The van der Waals surface area contributed by atoms with E-state index >= 15 is 0 Å². The third-order valence-corrected chi connectivity index (χ3v) is 5.58. The molecule has 0 aromatic carbocycles. The summed E-state index contributed by atoms with van der Waals surface area (Å²) in [6, 6.07) is 0. The van der Waals surface area contributed by atoms with Crippen LogP contribution >= 0.6 is 0 Å². The highest BCUT2D eigenvalue weighted by molar-refractivity contribution is 5.76. The van der Waals surface area contributed by atoms with Gasteiger partial charge >= 0.3 is 5.97 Å². The second-order valence-corrected chi connectivity index (χ2v) is 6.97. The summed E-state index contributed by atoms with van der Waals surface area (Å²) in [5.74, 6) is 0.190. The Morgan fingerprint density at radius 1 is 1.24 bits per heavy atom. The number of carbonyl (C=O) groups excluding carboxylic acids is 1. The monoisotopic (exact) mass is 296 g/mol. The molecule has 0 unspecified atom stereocenters. The summed E-state index contributed by atoms with van der Waals surface area (Å²) in [6.45, 7) is 9.68. The lowest BCUT2D eigenvalue weighted by atomic mass is 9.91. The number of morpholine rings is 1. The molecule has 2 atom stereocenters. The first-order chi connectivity index (χ1) is 10.1. The SMILES string of the molecule is COC(=O)[C@H]1CC12CCN(CCN1CCO[C@H](C)C1)CC2. The molecular formula is C16H28N2O3. The molecule has 21 heavy (non-hydrogen) atoms. The van der Waals surface area contributed by atoms with Crippen molar-refractivity contribution in [2.45, 2.75) is 32.3 Å². The lowest BCUT2D eigenvalue weighted by molar-refractivity contribution is -0.143. The number of methoxy groups -OCH3 is 1. The fraction of sp³-hybridized carbons (Fsp3) is 0.938. The maximum Gasteiger partial charge on any atom is 0.309 e. The zero-order chi connectivity index (χ0) is 14.9. The van der Waals surface area contributed by atoms with Gasteiger partial charge in [-0.3, -0.25) is 9.69 Å². The summed E-state index contributed by atoms with van der Waals surface area (Å²) in [6.07, 6.45) is 3.74. The number of hydrogen-bond acceptors (Lipinski definition) is 5. The van der Waals surface area contributed by atoms with Crippen LogP contribution in [0.25, 0.3) is 0 Å². The molecule has 0 radical (unpaired) electrons. The van der Waals surface area contributed by atoms with E-state index in [-0.39, 0.29) is 17.3 Å². The van der Waals surface area contributed by atoms with Gasteiger partial charge in [-0.05, 0) is 44.7 Å². The highest BCUT2D eigenvalue weighted by Gasteiger charge is 2.59. The number of hydrogen-bond donors (Lipinski definition) is 0. The van der Waals surface area contributed by atoms with E-state index < -0.39 is 0 Å². The summed E-state index contributed by atoms with van der Waals surface area (Å²) in [7, 11) is 1.51. The first kappa shape index (κ1) is 15.3. The maximum atomic E-state index is 11.6. The van der Waals surface area contributed by atoms with Crippen molar-refractivity contribution in [2.24, 2.45) is 11.3 Å². The van der Waals surface area contributed by atoms with Crippen LogP contribution in [0.4, 0.5) is 0 Å². The van der Waals surface area contributed by atoms with Crippen LogP contribution in [0.5, 0.6) is 0 Å². The number of ether oxygens (including phenoxy) is 2. The van der Waals surface area contributed by atoms with Gasteiger partial charge in [-0.2, -0.15) is 0 Å². The Balaban J connectivity index is 1.38. The van der Waals surface area contributed by atoms with Gasteiger partial charge in [0.25, 0.3) is 0 Å². The minimum absolute atomic E-state index is 0.00533. The summed E-state index contributed by atoms with van der Waals surface area (Å²) in [5.41, 5.74) is 0.289. The summed E-state index contributed by atoms with van der Waals surface area (Å²) in [5, 5.41) is 0. The summed E-state index contributed by atoms with van der Waals surface area (Å²) >= 11 is 0. The molecule has 3 rings (SSSR count). The molecule has 2 saturated heterocycles. The van der Waals surface area contributed by atoms with E-state index in [1.165, 1.54) is 7.11 Å². The van der Waals surface area contributed by atoms with Gasteiger partial charge < -0.3 is 14.4 Å². The molecule has 1 saturated carbocycles. The van der Waals surface area contributed by atoms with Crippen molar-refractivity contribution in [1.82, 2.24) is 9.80 Å². The molecule has 5 heteroatoms. The molecule has 3 aliphatic rings. The zero-order valence-electron chi connectivity index (χ0n) is 13.3. The van der Waals surface area contributed by atoms with Crippen molar-refractivity contribution < 1.29 is 14.3 Å². The predicted octanol–water partition coefficient (Wildman–Crippen LogP) is 0.982. The Morgan fingerprint density at radius 2 is 1.95 bits per heavy atom. The number of carbonyl (C=O) groups is 1. The molecule has 0 amide bonds. The average Bonchev–Trinajstić information content (AvgIpc) is 3.20. The smallest absolute Gasteiger partial charge is 0.309 e. The van der Waals surface area contributed by atoms with Gasteiger partial charge in [-0.1, -0.05) is 0 Å². The highest BCUT2D eigenvalue weighted by atomic mass is 16.5. The first-order valence-electron chi connectivity index (χ1n) is 8.27. The van der Waals surface area contributed by atoms with Gasteiger partial charge in [-0.15, -0.1) is 0 Å². The standard InChI is InChI=1S/C16H28N2O3/c1-13-12-18(9-10-21-13)8-7-17-5-3-16(4-6-17)11-14(16)15(19)20-2/h13-14H,3-12H2,1-2H3/t13-,14-/m1/s1. The lowest BCUT2D eigenvalue weighted by Gasteiger charge is -2.36. The molecule has 1 spiro atoms. The molecule has 2 aliphatic heterocycles. The largest absolute Gasteiger partial charge is 0.469 e. The number of piperidine rings is 1. The molecule has 0 bridgehead atoms. The zero-order valence-corrected chi connectivity index (χ0v) is 13.3. The van der Waals surface area contributed by atoms with Crippen LogP contribution in [0.3, 0.4) is 0 Å². The molecule has 120 valence electrons. The van der Waals surface area contributed by atoms with Crippen LogP contribution in [0.1, 0.15) is 26.2 Å². The van der Waals surface area contributed by atoms with Crippen LogP contribution in [-0.4, -0.2) is 74.9 Å². The van der Waals surface area contributed by atoms with Crippen molar-refractivity contribution >= 4 is 5.97 Å². The molecule has 1 aliphatic carbocycles. The molecule has 0 N–H and O–H groups in total. The Hall–Kier alpha value is -0.650. The molecule has 3 fully saturated rings. The van der Waals surface area contributed by atoms with Gasteiger partial charge in [0.05, 0.1) is 25.7 Å². The summed E-state index contributed by atoms with van der Waals surface area (Å²) < 4.78 is 10.5. The Bertz CT molecular complexity index is 380. The number of nitrogens with zero attached hydrogens (tertiary/aromatic N) is 2. The van der Waals surface area contributed by atoms with E-state index in [1.807, 2.05) is 0 Å². The van der Waals surface area contributed by atoms with Gasteiger partial charge in [0.1, 0.15) is 0 Å². The predicted molar refractivity (Wildman–Crippen MR) is 80.1 cm³/mol. The lowest BCUT2D eigenvalue weighted by Crippen LogP contribution is -2.46. The van der Waals surface area contributed by atoms with Crippen LogP contribution in [-0.2, 0) is 14.3 Å². The third kappa shape index (κ3) is 3.41.